The maximum Gasteiger partial charge on any atom is 0.258 e. The van der Waals surface area contributed by atoms with Crippen LogP contribution in [0.15, 0.2) is 29.0 Å². The molecule has 3 aromatic heterocycles. The first-order valence-corrected chi connectivity index (χ1v) is 7.20. The number of carbonyl (C=O) groups is 1. The van der Waals surface area contributed by atoms with Crippen molar-refractivity contribution in [3.8, 4) is 17.3 Å². The highest BCUT2D eigenvalue weighted by Gasteiger charge is 2.16. The van der Waals surface area contributed by atoms with Gasteiger partial charge in [0.05, 0.1) is 17.5 Å². The normalized spacial score (nSPS) is 10.7. The molecular formula is C15H16N6O2. The summed E-state index contributed by atoms with van der Waals surface area (Å²) in [6.45, 7) is 6.01. The van der Waals surface area contributed by atoms with Gasteiger partial charge in [-0.1, -0.05) is 5.16 Å². The molecule has 0 aliphatic rings. The van der Waals surface area contributed by atoms with Crippen LogP contribution in [-0.4, -0.2) is 37.4 Å². The van der Waals surface area contributed by atoms with Crippen molar-refractivity contribution in [2.24, 2.45) is 0 Å². The summed E-state index contributed by atoms with van der Waals surface area (Å²) in [5.74, 6) is 1.40. The van der Waals surface area contributed by atoms with Crippen LogP contribution in [0.1, 0.15) is 28.8 Å². The summed E-state index contributed by atoms with van der Waals surface area (Å²) in [5, 5.41) is 10.8. The largest absolute Gasteiger partial charge is 0.352 e. The summed E-state index contributed by atoms with van der Waals surface area (Å²) in [5.41, 5.74) is 1.97. The number of hydrogen-bond acceptors (Lipinski definition) is 6. The van der Waals surface area contributed by atoms with Gasteiger partial charge in [0.1, 0.15) is 0 Å². The van der Waals surface area contributed by atoms with E-state index >= 15 is 0 Å². The number of carbonyl (C=O) groups excluding carboxylic acids is 1. The number of aryl methyl sites for hydroxylation is 1. The molecule has 23 heavy (non-hydrogen) atoms. The molecule has 0 aromatic carbocycles. The van der Waals surface area contributed by atoms with Crippen molar-refractivity contribution in [1.82, 2.24) is 30.2 Å². The average molecular weight is 312 g/mol. The van der Waals surface area contributed by atoms with Crippen LogP contribution in [0.3, 0.4) is 0 Å². The van der Waals surface area contributed by atoms with Crippen LogP contribution in [0.2, 0.25) is 0 Å². The first-order chi connectivity index (χ1) is 11.1. The molecule has 3 heterocycles. The van der Waals surface area contributed by atoms with Crippen LogP contribution >= 0.6 is 0 Å². The maximum atomic E-state index is 12.0. The molecule has 8 nitrogen and oxygen atoms in total. The number of hydrogen-bond donors (Lipinski definition) is 1. The lowest BCUT2D eigenvalue weighted by atomic mass is 10.2. The molecule has 0 aliphatic heterocycles. The standard InChI is InChI=1S/C15H16N6O2/c1-4-16-14(22)12-8-18-21(9(12)2)13-7-11(5-6-17-13)15-19-10(3)20-23-15/h5-8H,4H2,1-3H3,(H,16,22). The molecule has 8 heteroatoms. The van der Waals surface area contributed by atoms with E-state index in [4.69, 9.17) is 4.52 Å². The Morgan fingerprint density at radius 1 is 1.39 bits per heavy atom. The molecule has 0 fully saturated rings. The minimum atomic E-state index is -0.153. The van der Waals surface area contributed by atoms with E-state index in [1.165, 1.54) is 6.20 Å². The fourth-order valence-corrected chi connectivity index (χ4v) is 2.20. The highest BCUT2D eigenvalue weighted by atomic mass is 16.5. The second kappa shape index (κ2) is 5.99. The van der Waals surface area contributed by atoms with Crippen LogP contribution in [0.25, 0.3) is 17.3 Å². The van der Waals surface area contributed by atoms with Gasteiger partial charge in [0, 0.05) is 18.3 Å². The van der Waals surface area contributed by atoms with Crippen molar-refractivity contribution in [2.45, 2.75) is 20.8 Å². The summed E-state index contributed by atoms with van der Waals surface area (Å²) >= 11 is 0. The van der Waals surface area contributed by atoms with Crippen LogP contribution in [0.5, 0.6) is 0 Å². The van der Waals surface area contributed by atoms with E-state index in [1.54, 1.807) is 29.9 Å². The number of rotatable bonds is 4. The lowest BCUT2D eigenvalue weighted by Crippen LogP contribution is -2.23. The second-order valence-electron chi connectivity index (χ2n) is 4.96. The second-order valence-corrected chi connectivity index (χ2v) is 4.96. The fraction of sp³-hybridized carbons (Fsp3) is 0.267. The molecule has 3 aromatic rings. The van der Waals surface area contributed by atoms with Crippen LogP contribution < -0.4 is 5.32 Å². The molecule has 0 atom stereocenters. The summed E-state index contributed by atoms with van der Waals surface area (Å²) in [6, 6.07) is 3.56. The number of nitrogens with zero attached hydrogens (tertiary/aromatic N) is 5. The van der Waals surface area contributed by atoms with Crippen molar-refractivity contribution in [3.05, 3.63) is 41.6 Å². The van der Waals surface area contributed by atoms with E-state index in [0.717, 1.165) is 5.56 Å². The molecule has 0 spiro atoms. The zero-order chi connectivity index (χ0) is 16.4. The number of nitrogens with one attached hydrogen (secondary N) is 1. The molecule has 0 saturated carbocycles. The van der Waals surface area contributed by atoms with E-state index in [-0.39, 0.29) is 5.91 Å². The first kappa shape index (κ1) is 14.9. The van der Waals surface area contributed by atoms with Crippen molar-refractivity contribution >= 4 is 5.91 Å². The Morgan fingerprint density at radius 2 is 2.22 bits per heavy atom. The van der Waals surface area contributed by atoms with E-state index in [9.17, 15) is 4.79 Å². The Hall–Kier alpha value is -3.03. The number of amides is 1. The zero-order valence-electron chi connectivity index (χ0n) is 13.1. The minimum absolute atomic E-state index is 0.153. The maximum absolute atomic E-state index is 12.0. The van der Waals surface area contributed by atoms with Gasteiger partial charge < -0.3 is 9.84 Å². The average Bonchev–Trinajstić information content (AvgIpc) is 3.14. The Labute approximate surface area is 132 Å². The first-order valence-electron chi connectivity index (χ1n) is 7.20. The Bertz CT molecular complexity index is 851. The number of pyridine rings is 1. The van der Waals surface area contributed by atoms with E-state index in [2.05, 4.69) is 25.5 Å². The Balaban J connectivity index is 1.98. The molecule has 1 N–H and O–H groups in total. The van der Waals surface area contributed by atoms with Crippen molar-refractivity contribution in [1.29, 1.82) is 0 Å². The number of aromatic nitrogens is 5. The minimum Gasteiger partial charge on any atom is -0.352 e. The molecule has 0 bridgehead atoms. The van der Waals surface area contributed by atoms with Gasteiger partial charge >= 0.3 is 0 Å². The van der Waals surface area contributed by atoms with Gasteiger partial charge in [0.15, 0.2) is 11.6 Å². The van der Waals surface area contributed by atoms with Gasteiger partial charge in [0.25, 0.3) is 11.8 Å². The van der Waals surface area contributed by atoms with Gasteiger partial charge in [-0.25, -0.2) is 9.67 Å². The molecule has 0 aliphatic carbocycles. The van der Waals surface area contributed by atoms with Crippen LogP contribution in [-0.2, 0) is 0 Å². The zero-order valence-corrected chi connectivity index (χ0v) is 13.1. The molecule has 0 unspecified atom stereocenters. The molecule has 118 valence electrons. The molecule has 3 rings (SSSR count). The van der Waals surface area contributed by atoms with Gasteiger partial charge in [0.2, 0.25) is 0 Å². The molecule has 0 radical (unpaired) electrons. The highest BCUT2D eigenvalue weighted by Crippen LogP contribution is 2.20. The lowest BCUT2D eigenvalue weighted by molar-refractivity contribution is 0.0955. The third-order valence-electron chi connectivity index (χ3n) is 3.33. The van der Waals surface area contributed by atoms with Crippen LogP contribution in [0, 0.1) is 13.8 Å². The van der Waals surface area contributed by atoms with Crippen LogP contribution in [0.4, 0.5) is 0 Å². The summed E-state index contributed by atoms with van der Waals surface area (Å²) < 4.78 is 6.77. The van der Waals surface area contributed by atoms with E-state index in [0.29, 0.717) is 35.3 Å². The molecule has 0 saturated heterocycles. The Morgan fingerprint density at radius 3 is 2.91 bits per heavy atom. The van der Waals surface area contributed by atoms with Crippen molar-refractivity contribution < 1.29 is 9.32 Å². The monoisotopic (exact) mass is 312 g/mol. The topological polar surface area (TPSA) is 98.7 Å². The quantitative estimate of drug-likeness (QED) is 0.787. The SMILES string of the molecule is CCNC(=O)c1cnn(-c2cc(-c3nc(C)no3)ccn2)c1C. The predicted molar refractivity (Wildman–Crippen MR) is 82.1 cm³/mol. The van der Waals surface area contributed by atoms with Crippen molar-refractivity contribution in [3.63, 3.8) is 0 Å². The van der Waals surface area contributed by atoms with Gasteiger partial charge in [-0.05, 0) is 32.9 Å². The van der Waals surface area contributed by atoms with E-state index in [1.807, 2.05) is 13.8 Å². The molecular weight excluding hydrogens is 296 g/mol. The summed E-state index contributed by atoms with van der Waals surface area (Å²) in [4.78, 5) is 20.5. The lowest BCUT2D eigenvalue weighted by Gasteiger charge is -2.05. The fourth-order valence-electron chi connectivity index (χ4n) is 2.20. The van der Waals surface area contributed by atoms with E-state index < -0.39 is 0 Å². The predicted octanol–water partition coefficient (Wildman–Crippen LogP) is 1.68. The Kier molecular flexibility index (Phi) is 3.88. The highest BCUT2D eigenvalue weighted by molar-refractivity contribution is 5.95. The third kappa shape index (κ3) is 2.83. The third-order valence-corrected chi connectivity index (χ3v) is 3.33. The van der Waals surface area contributed by atoms with Gasteiger partial charge in [-0.2, -0.15) is 10.1 Å². The smallest absolute Gasteiger partial charge is 0.258 e. The summed E-state index contributed by atoms with van der Waals surface area (Å²) in [7, 11) is 0. The van der Waals surface area contributed by atoms with Gasteiger partial charge in [-0.15, -0.1) is 0 Å². The summed E-state index contributed by atoms with van der Waals surface area (Å²) in [6.07, 6.45) is 3.17. The van der Waals surface area contributed by atoms with Gasteiger partial charge in [-0.3, -0.25) is 4.79 Å². The molecule has 1 amide bonds. The van der Waals surface area contributed by atoms with Crippen molar-refractivity contribution in [2.75, 3.05) is 6.54 Å².